The molecule has 2 aliphatic heterocycles. The van der Waals surface area contributed by atoms with Crippen LogP contribution >= 0.6 is 0 Å². The molecule has 72 valence electrons. The van der Waals surface area contributed by atoms with Crippen LogP contribution in [0.25, 0.3) is 0 Å². The molecule has 0 amide bonds. The summed E-state index contributed by atoms with van der Waals surface area (Å²) in [5, 5.41) is 0. The average molecular weight is 202 g/mol. The van der Waals surface area contributed by atoms with E-state index in [1.165, 1.54) is 21.3 Å². The van der Waals surface area contributed by atoms with Crippen LogP contribution in [0.2, 0.25) is 0 Å². The number of aliphatic imine (C=N–C) groups is 2. The van der Waals surface area contributed by atoms with Crippen molar-refractivity contribution in [3.63, 3.8) is 0 Å². The first kappa shape index (κ1) is 8.49. The highest BCUT2D eigenvalue weighted by Gasteiger charge is 2.28. The maximum Gasteiger partial charge on any atom is 0.327 e. The van der Waals surface area contributed by atoms with E-state index in [9.17, 15) is 8.42 Å². The van der Waals surface area contributed by atoms with Crippen molar-refractivity contribution in [3.8, 4) is 0 Å². The molecule has 2 rings (SSSR count). The Balaban J connectivity index is 2.19. The van der Waals surface area contributed by atoms with Gasteiger partial charge in [-0.2, -0.15) is 8.42 Å². The van der Waals surface area contributed by atoms with Crippen LogP contribution in [0, 0.1) is 0 Å². The molecule has 2 heterocycles. The molecule has 0 aromatic heterocycles. The summed E-state index contributed by atoms with van der Waals surface area (Å²) in [5.41, 5.74) is 0. The van der Waals surface area contributed by atoms with Crippen molar-refractivity contribution in [2.75, 3.05) is 26.2 Å². The Hall–Kier alpha value is -1.11. The van der Waals surface area contributed by atoms with Crippen LogP contribution in [-0.4, -0.2) is 55.9 Å². The lowest BCUT2D eigenvalue weighted by Gasteiger charge is -2.21. The van der Waals surface area contributed by atoms with Crippen LogP contribution in [0.15, 0.2) is 9.98 Å². The second-order valence-electron chi connectivity index (χ2n) is 2.77. The highest BCUT2D eigenvalue weighted by Crippen LogP contribution is 2.09. The second-order valence-corrected chi connectivity index (χ2v) is 4.61. The summed E-state index contributed by atoms with van der Waals surface area (Å²) >= 11 is 0. The lowest BCUT2D eigenvalue weighted by molar-refractivity contribution is 0.487. The third-order valence-electron chi connectivity index (χ3n) is 1.91. The van der Waals surface area contributed by atoms with E-state index in [0.29, 0.717) is 26.2 Å². The summed E-state index contributed by atoms with van der Waals surface area (Å²) in [6.07, 6.45) is 2.73. The van der Waals surface area contributed by atoms with E-state index in [0.717, 1.165) is 0 Å². The molecule has 0 aromatic carbocycles. The molecule has 0 radical (unpaired) electrons. The third-order valence-corrected chi connectivity index (χ3v) is 3.65. The van der Waals surface area contributed by atoms with E-state index in [1.54, 1.807) is 0 Å². The normalized spacial score (nSPS) is 21.8. The standard InChI is InChI=1S/C6H10N4O2S/c11-13(12,9-3-1-7-5-9)10-4-2-8-6-10/h5-6H,1-4H2. The highest BCUT2D eigenvalue weighted by molar-refractivity contribution is 7.87. The number of rotatable bonds is 2. The van der Waals surface area contributed by atoms with Crippen molar-refractivity contribution in [2.45, 2.75) is 0 Å². The van der Waals surface area contributed by atoms with Crippen LogP contribution < -0.4 is 0 Å². The first-order valence-corrected chi connectivity index (χ1v) is 5.39. The molecule has 0 aliphatic carbocycles. The van der Waals surface area contributed by atoms with Gasteiger partial charge in [-0.3, -0.25) is 9.98 Å². The van der Waals surface area contributed by atoms with Crippen LogP contribution in [-0.2, 0) is 10.2 Å². The zero-order valence-electron chi connectivity index (χ0n) is 7.00. The Kier molecular flexibility index (Phi) is 1.95. The lowest BCUT2D eigenvalue weighted by atomic mass is 10.7. The van der Waals surface area contributed by atoms with Gasteiger partial charge in [0.1, 0.15) is 12.7 Å². The number of hydrogen-bond acceptors (Lipinski definition) is 4. The molecule has 0 fully saturated rings. The fourth-order valence-corrected chi connectivity index (χ4v) is 2.48. The minimum Gasteiger partial charge on any atom is -0.273 e. The average Bonchev–Trinajstić information content (AvgIpc) is 2.78. The Morgan fingerprint density at radius 3 is 1.77 bits per heavy atom. The van der Waals surface area contributed by atoms with Crippen molar-refractivity contribution in [3.05, 3.63) is 0 Å². The van der Waals surface area contributed by atoms with E-state index >= 15 is 0 Å². The molecule has 0 atom stereocenters. The van der Waals surface area contributed by atoms with Crippen LogP contribution in [0.4, 0.5) is 0 Å². The number of nitrogens with zero attached hydrogens (tertiary/aromatic N) is 4. The minimum atomic E-state index is -3.37. The van der Waals surface area contributed by atoms with Gasteiger partial charge >= 0.3 is 10.2 Å². The molecular weight excluding hydrogens is 192 g/mol. The molecule has 0 saturated heterocycles. The molecule has 0 unspecified atom stereocenters. The Morgan fingerprint density at radius 1 is 1.00 bits per heavy atom. The summed E-state index contributed by atoms with van der Waals surface area (Å²) < 4.78 is 25.9. The Labute approximate surface area is 76.8 Å². The molecular formula is C6H10N4O2S. The van der Waals surface area contributed by atoms with Gasteiger partial charge in [-0.15, -0.1) is 0 Å². The molecule has 13 heavy (non-hydrogen) atoms. The Morgan fingerprint density at radius 2 is 1.46 bits per heavy atom. The van der Waals surface area contributed by atoms with Crippen molar-refractivity contribution in [1.82, 2.24) is 8.61 Å². The first-order valence-electron chi connectivity index (χ1n) is 4.00. The van der Waals surface area contributed by atoms with Gasteiger partial charge in [0.05, 0.1) is 26.2 Å². The van der Waals surface area contributed by atoms with Gasteiger partial charge in [0.2, 0.25) is 0 Å². The van der Waals surface area contributed by atoms with Crippen molar-refractivity contribution >= 4 is 22.9 Å². The molecule has 7 heteroatoms. The van der Waals surface area contributed by atoms with E-state index in [1.807, 2.05) is 0 Å². The molecule has 0 bridgehead atoms. The maximum atomic E-state index is 11.7. The predicted octanol–water partition coefficient (Wildman–Crippen LogP) is -1.08. The van der Waals surface area contributed by atoms with E-state index in [4.69, 9.17) is 0 Å². The van der Waals surface area contributed by atoms with E-state index < -0.39 is 10.2 Å². The van der Waals surface area contributed by atoms with E-state index in [-0.39, 0.29) is 0 Å². The third kappa shape index (κ3) is 1.39. The van der Waals surface area contributed by atoms with Gasteiger partial charge < -0.3 is 0 Å². The summed E-state index contributed by atoms with van der Waals surface area (Å²) in [6, 6.07) is 0. The quantitative estimate of drug-likeness (QED) is 0.571. The summed E-state index contributed by atoms with van der Waals surface area (Å²) in [7, 11) is -3.37. The Bertz CT molecular complexity index is 320. The summed E-state index contributed by atoms with van der Waals surface area (Å²) in [5.74, 6) is 0. The molecule has 2 aliphatic rings. The van der Waals surface area contributed by atoms with Crippen LogP contribution in [0.1, 0.15) is 0 Å². The van der Waals surface area contributed by atoms with Gasteiger partial charge in [-0.05, 0) is 0 Å². The molecule has 0 aromatic rings. The van der Waals surface area contributed by atoms with Gasteiger partial charge in [0.25, 0.3) is 0 Å². The second kappa shape index (κ2) is 2.99. The highest BCUT2D eigenvalue weighted by atomic mass is 32.2. The summed E-state index contributed by atoms with van der Waals surface area (Å²) in [4.78, 5) is 7.71. The van der Waals surface area contributed by atoms with Crippen LogP contribution in [0.3, 0.4) is 0 Å². The SMILES string of the molecule is O=S(=O)(N1C=NCC1)N1C=NCC1. The van der Waals surface area contributed by atoms with Gasteiger partial charge in [-0.25, -0.2) is 8.61 Å². The largest absolute Gasteiger partial charge is 0.327 e. The van der Waals surface area contributed by atoms with Crippen LogP contribution in [0.5, 0.6) is 0 Å². The molecule has 0 N–H and O–H groups in total. The fraction of sp³-hybridized carbons (Fsp3) is 0.667. The predicted molar refractivity (Wildman–Crippen MR) is 49.0 cm³/mol. The van der Waals surface area contributed by atoms with Gasteiger partial charge in [-0.1, -0.05) is 0 Å². The molecule has 0 spiro atoms. The monoisotopic (exact) mass is 202 g/mol. The first-order chi connectivity index (χ1) is 6.21. The fourth-order valence-electron chi connectivity index (χ4n) is 1.21. The van der Waals surface area contributed by atoms with Crippen molar-refractivity contribution in [2.24, 2.45) is 9.98 Å². The van der Waals surface area contributed by atoms with E-state index in [2.05, 4.69) is 9.98 Å². The van der Waals surface area contributed by atoms with Crippen molar-refractivity contribution in [1.29, 1.82) is 0 Å². The molecule has 0 saturated carbocycles. The zero-order valence-corrected chi connectivity index (χ0v) is 7.81. The van der Waals surface area contributed by atoms with Gasteiger partial charge in [0, 0.05) is 0 Å². The summed E-state index contributed by atoms with van der Waals surface area (Å²) in [6.45, 7) is 1.97. The maximum absolute atomic E-state index is 11.7. The zero-order chi connectivity index (χ0) is 9.31. The van der Waals surface area contributed by atoms with Crippen molar-refractivity contribution < 1.29 is 8.42 Å². The topological polar surface area (TPSA) is 65.3 Å². The van der Waals surface area contributed by atoms with Gasteiger partial charge in [0.15, 0.2) is 0 Å². The minimum absolute atomic E-state index is 0.437. The number of hydrogen-bond donors (Lipinski definition) is 0. The smallest absolute Gasteiger partial charge is 0.273 e. The molecule has 6 nitrogen and oxygen atoms in total. The lowest BCUT2D eigenvalue weighted by Crippen LogP contribution is -2.40.